The molecule has 0 fully saturated rings. The predicted octanol–water partition coefficient (Wildman–Crippen LogP) is 3.18. The molecule has 0 rings (SSSR count). The van der Waals surface area contributed by atoms with Gasteiger partial charge in [0.1, 0.15) is 0 Å². The normalized spacial score (nSPS) is 15.1. The molecule has 1 unspecified atom stereocenters. The van der Waals surface area contributed by atoms with E-state index in [1.807, 2.05) is 0 Å². The Labute approximate surface area is 102 Å². The quantitative estimate of drug-likeness (QED) is 0.429. The number of hydrogen-bond donors (Lipinski definition) is 2. The van der Waals surface area contributed by atoms with Crippen LogP contribution >= 0.6 is 0 Å². The molecule has 0 saturated heterocycles. The molecule has 0 amide bonds. The van der Waals surface area contributed by atoms with Crippen molar-refractivity contribution >= 4 is 10.1 Å². The van der Waals surface area contributed by atoms with Crippen molar-refractivity contribution in [3.8, 4) is 0 Å². The fourth-order valence-electron chi connectivity index (χ4n) is 1.11. The zero-order valence-electron chi connectivity index (χ0n) is 9.67. The molecule has 0 aliphatic heterocycles. The largest absolute Gasteiger partial charge is 0.434 e. The molecule has 4 nitrogen and oxygen atoms in total. The number of halogens is 5. The van der Waals surface area contributed by atoms with E-state index in [0.29, 0.717) is 12.8 Å². The molecule has 4 N–H and O–H groups in total. The van der Waals surface area contributed by atoms with Crippen molar-refractivity contribution in [3.63, 3.8) is 0 Å². The highest BCUT2D eigenvalue weighted by molar-refractivity contribution is 7.87. The monoisotopic (exact) mass is 301 g/mol. The highest BCUT2D eigenvalue weighted by Gasteiger charge is 2.69. The first-order valence-electron chi connectivity index (χ1n) is 4.85. The van der Waals surface area contributed by atoms with Crippen LogP contribution in [-0.4, -0.2) is 30.3 Å². The lowest BCUT2D eigenvalue weighted by Gasteiger charge is -2.26. The Morgan fingerprint density at radius 3 is 1.94 bits per heavy atom. The average molecular weight is 301 g/mol. The Bertz CT molecular complexity index is 347. The minimum Gasteiger partial charge on any atom is -0.344 e. The summed E-state index contributed by atoms with van der Waals surface area (Å²) in [5.41, 5.74) is 0. The molecule has 0 radical (unpaired) electrons. The smallest absolute Gasteiger partial charge is 0.344 e. The van der Waals surface area contributed by atoms with E-state index in [2.05, 4.69) is 0 Å². The van der Waals surface area contributed by atoms with Gasteiger partial charge in [0.2, 0.25) is 0 Å². The summed E-state index contributed by atoms with van der Waals surface area (Å²) in [4.78, 5) is 0. The Kier molecular flexibility index (Phi) is 7.30. The summed E-state index contributed by atoms with van der Waals surface area (Å²) in [5, 5.41) is -5.83. The number of hydrogen-bond acceptors (Lipinski definition) is 3. The Hall–Kier alpha value is -0.480. The standard InChI is InChI=1S/C8H13F5O3S.H3N/c1-2-3-4-5-6(9)7(10,11)8(12,13)17(14,15)16;/h6H,2-5H2,1H3,(H,14,15,16);1H3. The van der Waals surface area contributed by atoms with Gasteiger partial charge in [0, 0.05) is 0 Å². The molecule has 18 heavy (non-hydrogen) atoms. The van der Waals surface area contributed by atoms with Gasteiger partial charge >= 0.3 is 21.3 Å². The maximum atomic E-state index is 12.9. The van der Waals surface area contributed by atoms with Crippen LogP contribution in [-0.2, 0) is 10.1 Å². The van der Waals surface area contributed by atoms with Gasteiger partial charge in [-0.3, -0.25) is 4.55 Å². The summed E-state index contributed by atoms with van der Waals surface area (Å²) in [6.45, 7) is 1.69. The zero-order chi connectivity index (χ0) is 13.9. The van der Waals surface area contributed by atoms with Gasteiger partial charge in [-0.25, -0.2) is 4.39 Å². The van der Waals surface area contributed by atoms with Gasteiger partial charge in [-0.05, 0) is 6.42 Å². The molecule has 0 aromatic carbocycles. The molecule has 112 valence electrons. The van der Waals surface area contributed by atoms with Gasteiger partial charge in [-0.1, -0.05) is 26.2 Å². The van der Waals surface area contributed by atoms with Crippen molar-refractivity contribution in [2.24, 2.45) is 0 Å². The van der Waals surface area contributed by atoms with Crippen LogP contribution in [0, 0.1) is 0 Å². The summed E-state index contributed by atoms with van der Waals surface area (Å²) in [7, 11) is -6.36. The minimum absolute atomic E-state index is 0. The maximum Gasteiger partial charge on any atom is 0.434 e. The van der Waals surface area contributed by atoms with Crippen molar-refractivity contribution in [2.45, 2.75) is 50.0 Å². The van der Waals surface area contributed by atoms with E-state index in [1.54, 1.807) is 6.92 Å². The highest BCUT2D eigenvalue weighted by atomic mass is 32.2. The van der Waals surface area contributed by atoms with Crippen LogP contribution < -0.4 is 6.15 Å². The van der Waals surface area contributed by atoms with Gasteiger partial charge in [0.25, 0.3) is 0 Å². The van der Waals surface area contributed by atoms with Crippen molar-refractivity contribution in [1.29, 1.82) is 0 Å². The average Bonchev–Trinajstić information content (AvgIpc) is 2.15. The molecule has 0 aromatic heterocycles. The third-order valence-electron chi connectivity index (χ3n) is 2.17. The first-order valence-corrected chi connectivity index (χ1v) is 6.29. The molecule has 10 heteroatoms. The van der Waals surface area contributed by atoms with Crippen molar-refractivity contribution in [3.05, 3.63) is 0 Å². The predicted molar refractivity (Wildman–Crippen MR) is 55.5 cm³/mol. The van der Waals surface area contributed by atoms with Crippen LogP contribution in [0.1, 0.15) is 32.6 Å². The van der Waals surface area contributed by atoms with Crippen LogP contribution in [0.5, 0.6) is 0 Å². The van der Waals surface area contributed by atoms with Crippen LogP contribution in [0.2, 0.25) is 0 Å². The second-order valence-electron chi connectivity index (χ2n) is 3.58. The molecule has 0 aromatic rings. The first-order chi connectivity index (χ1) is 7.48. The first kappa shape index (κ1) is 19.9. The van der Waals surface area contributed by atoms with Crippen molar-refractivity contribution in [1.82, 2.24) is 6.15 Å². The van der Waals surface area contributed by atoms with E-state index in [4.69, 9.17) is 4.55 Å². The Morgan fingerprint density at radius 1 is 1.17 bits per heavy atom. The summed E-state index contributed by atoms with van der Waals surface area (Å²) in [5.74, 6) is -5.45. The van der Waals surface area contributed by atoms with Gasteiger partial charge in [-0.2, -0.15) is 26.0 Å². The van der Waals surface area contributed by atoms with Gasteiger partial charge in [0.15, 0.2) is 6.17 Å². The van der Waals surface area contributed by atoms with Crippen molar-refractivity contribution in [2.75, 3.05) is 0 Å². The minimum atomic E-state index is -6.36. The van der Waals surface area contributed by atoms with Crippen LogP contribution in [0.4, 0.5) is 22.0 Å². The topological polar surface area (TPSA) is 89.4 Å². The summed E-state index contributed by atoms with van der Waals surface area (Å²) >= 11 is 0. The number of alkyl halides is 5. The molecule has 0 bridgehead atoms. The zero-order valence-corrected chi connectivity index (χ0v) is 10.5. The molecular formula is C8H16F5NO3S. The van der Waals surface area contributed by atoms with Crippen LogP contribution in [0.3, 0.4) is 0 Å². The second-order valence-corrected chi connectivity index (χ2v) is 5.04. The molecule has 0 aliphatic rings. The fraction of sp³-hybridized carbons (Fsp3) is 1.00. The van der Waals surface area contributed by atoms with Crippen molar-refractivity contribution < 1.29 is 34.9 Å². The van der Waals surface area contributed by atoms with Gasteiger partial charge < -0.3 is 6.15 Å². The highest BCUT2D eigenvalue weighted by Crippen LogP contribution is 2.43. The third kappa shape index (κ3) is 4.02. The van der Waals surface area contributed by atoms with Crippen LogP contribution in [0.25, 0.3) is 0 Å². The van der Waals surface area contributed by atoms with E-state index in [1.165, 1.54) is 0 Å². The Morgan fingerprint density at radius 2 is 1.61 bits per heavy atom. The van der Waals surface area contributed by atoms with Gasteiger partial charge in [-0.15, -0.1) is 0 Å². The molecule has 0 aliphatic carbocycles. The molecule has 1 atom stereocenters. The van der Waals surface area contributed by atoms with E-state index >= 15 is 0 Å². The summed E-state index contributed by atoms with van der Waals surface area (Å²) < 4.78 is 92.1. The lowest BCUT2D eigenvalue weighted by atomic mass is 10.1. The summed E-state index contributed by atoms with van der Waals surface area (Å²) in [6.07, 6.45) is -3.38. The molecule has 0 saturated carbocycles. The SMILES string of the molecule is CCCCCC(F)C(F)(F)C(F)(F)S(=O)(=O)O.N. The van der Waals surface area contributed by atoms with E-state index in [-0.39, 0.29) is 12.6 Å². The lowest BCUT2D eigenvalue weighted by Crippen LogP contribution is -2.52. The molecule has 0 spiro atoms. The molecular weight excluding hydrogens is 285 g/mol. The number of rotatable bonds is 7. The third-order valence-corrected chi connectivity index (χ3v) is 3.09. The van der Waals surface area contributed by atoms with E-state index < -0.39 is 33.9 Å². The second kappa shape index (κ2) is 6.62. The van der Waals surface area contributed by atoms with Gasteiger partial charge in [0.05, 0.1) is 0 Å². The van der Waals surface area contributed by atoms with E-state index in [0.717, 1.165) is 0 Å². The Balaban J connectivity index is 0. The maximum absolute atomic E-state index is 12.9. The van der Waals surface area contributed by atoms with Crippen LogP contribution in [0.15, 0.2) is 0 Å². The summed E-state index contributed by atoms with van der Waals surface area (Å²) in [6, 6.07) is 0. The van der Waals surface area contributed by atoms with E-state index in [9.17, 15) is 30.4 Å². The lowest BCUT2D eigenvalue weighted by molar-refractivity contribution is -0.198. The molecule has 0 heterocycles. The fourth-order valence-corrected chi connectivity index (χ4v) is 1.58. The number of unbranched alkanes of at least 4 members (excludes halogenated alkanes) is 2.